The number of nitrogens with zero attached hydrogens (tertiary/aromatic N) is 1. The number of carbonyl (C=O) groups is 1. The Morgan fingerprint density at radius 2 is 1.91 bits per heavy atom. The molecule has 0 aliphatic heterocycles. The lowest BCUT2D eigenvalue weighted by molar-refractivity contribution is 0.0464. The van der Waals surface area contributed by atoms with Gasteiger partial charge in [-0.05, 0) is 36.4 Å². The number of carbonyl (C=O) groups excluding carboxylic acids is 1. The molecule has 116 valence electrons. The Morgan fingerprint density at radius 1 is 1.17 bits per heavy atom. The first-order valence-electron chi connectivity index (χ1n) is 6.76. The van der Waals surface area contributed by atoms with E-state index in [2.05, 4.69) is 5.16 Å². The second kappa shape index (κ2) is 6.62. The minimum Gasteiger partial charge on any atom is -0.455 e. The molecule has 4 nitrogen and oxygen atoms in total. The molecule has 0 unspecified atom stereocenters. The lowest BCUT2D eigenvalue weighted by atomic mass is 10.1. The van der Waals surface area contributed by atoms with Gasteiger partial charge in [0, 0.05) is 11.6 Å². The van der Waals surface area contributed by atoms with Crippen LogP contribution in [-0.4, -0.2) is 11.1 Å². The molecular formula is C17H11ClFNO3. The molecule has 6 heteroatoms. The Hall–Kier alpha value is -2.66. The number of benzene rings is 2. The van der Waals surface area contributed by atoms with Crippen LogP contribution in [0.1, 0.15) is 16.1 Å². The van der Waals surface area contributed by atoms with Gasteiger partial charge in [-0.2, -0.15) is 0 Å². The molecule has 0 atom stereocenters. The van der Waals surface area contributed by atoms with Gasteiger partial charge in [0.2, 0.25) is 0 Å². The van der Waals surface area contributed by atoms with Crippen LogP contribution in [0.5, 0.6) is 0 Å². The van der Waals surface area contributed by atoms with Crippen molar-refractivity contribution in [3.8, 4) is 11.3 Å². The minimum atomic E-state index is -0.540. The van der Waals surface area contributed by atoms with E-state index in [-0.39, 0.29) is 18.0 Å². The average molecular weight is 332 g/mol. The Morgan fingerprint density at radius 3 is 2.65 bits per heavy atom. The predicted octanol–water partition coefficient (Wildman–Crippen LogP) is 4.49. The van der Waals surface area contributed by atoms with Crippen LogP contribution in [-0.2, 0) is 11.3 Å². The number of hydrogen-bond acceptors (Lipinski definition) is 4. The van der Waals surface area contributed by atoms with E-state index in [9.17, 15) is 9.18 Å². The molecule has 2 aromatic carbocycles. The van der Waals surface area contributed by atoms with E-state index in [4.69, 9.17) is 20.9 Å². The van der Waals surface area contributed by atoms with Crippen molar-refractivity contribution in [3.05, 3.63) is 76.7 Å². The average Bonchev–Trinajstić information content (AvgIpc) is 3.03. The standard InChI is InChI=1S/C17H11ClFNO3/c18-15-4-2-1-3-14(15)17(21)22-10-13-9-16(23-20-13)11-5-7-12(19)8-6-11/h1-9H,10H2. The molecule has 0 aliphatic carbocycles. The summed E-state index contributed by atoms with van der Waals surface area (Å²) in [5.74, 6) is -0.405. The normalized spacial score (nSPS) is 10.5. The highest BCUT2D eigenvalue weighted by Gasteiger charge is 2.13. The lowest BCUT2D eigenvalue weighted by Gasteiger charge is -2.03. The zero-order valence-electron chi connectivity index (χ0n) is 11.8. The van der Waals surface area contributed by atoms with Gasteiger partial charge < -0.3 is 9.26 Å². The van der Waals surface area contributed by atoms with Gasteiger partial charge in [0.15, 0.2) is 5.76 Å². The summed E-state index contributed by atoms with van der Waals surface area (Å²) in [6.45, 7) is -0.0469. The Kier molecular flexibility index (Phi) is 4.39. The number of hydrogen-bond donors (Lipinski definition) is 0. The van der Waals surface area contributed by atoms with Gasteiger partial charge >= 0.3 is 5.97 Å². The van der Waals surface area contributed by atoms with Crippen molar-refractivity contribution in [1.82, 2.24) is 5.16 Å². The molecule has 0 saturated heterocycles. The molecule has 23 heavy (non-hydrogen) atoms. The molecule has 0 amide bonds. The summed E-state index contributed by atoms with van der Waals surface area (Å²) in [6, 6.07) is 14.1. The Balaban J connectivity index is 1.67. The first kappa shape index (κ1) is 15.2. The van der Waals surface area contributed by atoms with Crippen LogP contribution in [0.2, 0.25) is 5.02 Å². The van der Waals surface area contributed by atoms with E-state index < -0.39 is 5.97 Å². The van der Waals surface area contributed by atoms with Gasteiger partial charge in [0.05, 0.1) is 10.6 Å². The third-order valence-electron chi connectivity index (χ3n) is 3.13. The van der Waals surface area contributed by atoms with Gasteiger partial charge in [-0.1, -0.05) is 28.9 Å². The highest BCUT2D eigenvalue weighted by Crippen LogP contribution is 2.21. The molecule has 0 spiro atoms. The van der Waals surface area contributed by atoms with Gasteiger partial charge in [0.1, 0.15) is 18.1 Å². The maximum Gasteiger partial charge on any atom is 0.340 e. The molecule has 1 heterocycles. The highest BCUT2D eigenvalue weighted by molar-refractivity contribution is 6.33. The summed E-state index contributed by atoms with van der Waals surface area (Å²) >= 11 is 5.93. The Labute approximate surface area is 136 Å². The van der Waals surface area contributed by atoms with Crippen molar-refractivity contribution in [2.75, 3.05) is 0 Å². The molecule has 0 radical (unpaired) electrons. The molecule has 0 fully saturated rings. The molecule has 0 saturated carbocycles. The molecule has 0 bridgehead atoms. The van der Waals surface area contributed by atoms with Crippen molar-refractivity contribution < 1.29 is 18.4 Å². The predicted molar refractivity (Wildman–Crippen MR) is 82.5 cm³/mol. The minimum absolute atomic E-state index is 0.0469. The maximum atomic E-state index is 12.9. The quantitative estimate of drug-likeness (QED) is 0.661. The van der Waals surface area contributed by atoms with Crippen molar-refractivity contribution >= 4 is 17.6 Å². The van der Waals surface area contributed by atoms with Crippen LogP contribution in [0, 0.1) is 5.82 Å². The van der Waals surface area contributed by atoms with E-state index in [0.29, 0.717) is 22.0 Å². The zero-order chi connectivity index (χ0) is 16.2. The molecular weight excluding hydrogens is 321 g/mol. The molecule has 0 N–H and O–H groups in total. The summed E-state index contributed by atoms with van der Waals surface area (Å²) in [6.07, 6.45) is 0. The number of rotatable bonds is 4. The Bertz CT molecular complexity index is 830. The van der Waals surface area contributed by atoms with Gasteiger partial charge in [0.25, 0.3) is 0 Å². The fourth-order valence-corrected chi connectivity index (χ4v) is 2.19. The number of esters is 1. The van der Waals surface area contributed by atoms with Crippen molar-refractivity contribution in [1.29, 1.82) is 0 Å². The van der Waals surface area contributed by atoms with Gasteiger partial charge in [-0.3, -0.25) is 0 Å². The fourth-order valence-electron chi connectivity index (χ4n) is 1.97. The lowest BCUT2D eigenvalue weighted by Crippen LogP contribution is -2.05. The van der Waals surface area contributed by atoms with E-state index in [1.165, 1.54) is 12.1 Å². The second-order valence-corrected chi connectivity index (χ2v) is 5.15. The molecule has 1 aromatic heterocycles. The first-order chi connectivity index (χ1) is 11.1. The van der Waals surface area contributed by atoms with E-state index >= 15 is 0 Å². The van der Waals surface area contributed by atoms with E-state index in [1.54, 1.807) is 42.5 Å². The van der Waals surface area contributed by atoms with Crippen LogP contribution in [0.25, 0.3) is 11.3 Å². The number of ether oxygens (including phenoxy) is 1. The van der Waals surface area contributed by atoms with E-state index in [0.717, 1.165) is 0 Å². The summed E-state index contributed by atoms with van der Waals surface area (Å²) in [5.41, 5.74) is 1.42. The summed E-state index contributed by atoms with van der Waals surface area (Å²) in [4.78, 5) is 11.9. The smallest absolute Gasteiger partial charge is 0.340 e. The monoisotopic (exact) mass is 331 g/mol. The third kappa shape index (κ3) is 3.57. The van der Waals surface area contributed by atoms with Gasteiger partial charge in [-0.15, -0.1) is 0 Å². The first-order valence-corrected chi connectivity index (χ1v) is 7.14. The van der Waals surface area contributed by atoms with E-state index in [1.807, 2.05) is 0 Å². The maximum absolute atomic E-state index is 12.9. The van der Waals surface area contributed by atoms with Crippen LogP contribution in [0.4, 0.5) is 4.39 Å². The van der Waals surface area contributed by atoms with Crippen LogP contribution in [0.15, 0.2) is 59.1 Å². The largest absolute Gasteiger partial charge is 0.455 e. The van der Waals surface area contributed by atoms with Crippen LogP contribution in [0.3, 0.4) is 0 Å². The molecule has 0 aliphatic rings. The van der Waals surface area contributed by atoms with Crippen molar-refractivity contribution in [2.45, 2.75) is 6.61 Å². The second-order valence-electron chi connectivity index (χ2n) is 4.75. The van der Waals surface area contributed by atoms with Gasteiger partial charge in [-0.25, -0.2) is 9.18 Å². The molecule has 3 rings (SSSR count). The number of halogens is 2. The third-order valence-corrected chi connectivity index (χ3v) is 3.46. The van der Waals surface area contributed by atoms with Crippen molar-refractivity contribution in [3.63, 3.8) is 0 Å². The van der Waals surface area contributed by atoms with Crippen molar-refractivity contribution in [2.24, 2.45) is 0 Å². The fraction of sp³-hybridized carbons (Fsp3) is 0.0588. The molecule has 3 aromatic rings. The summed E-state index contributed by atoms with van der Waals surface area (Å²) in [7, 11) is 0. The summed E-state index contributed by atoms with van der Waals surface area (Å²) < 4.78 is 23.2. The topological polar surface area (TPSA) is 52.3 Å². The SMILES string of the molecule is O=C(OCc1cc(-c2ccc(F)cc2)on1)c1ccccc1Cl. The van der Waals surface area contributed by atoms with Crippen LogP contribution >= 0.6 is 11.6 Å². The summed E-state index contributed by atoms with van der Waals surface area (Å²) in [5, 5.41) is 4.15. The number of aromatic nitrogens is 1. The zero-order valence-corrected chi connectivity index (χ0v) is 12.6. The van der Waals surface area contributed by atoms with Crippen LogP contribution < -0.4 is 0 Å². The highest BCUT2D eigenvalue weighted by atomic mass is 35.5.